The average Bonchev–Trinajstić information content (AvgIpc) is 3.45. The minimum atomic E-state index is -3.66. The molecule has 7 nitrogen and oxygen atoms in total. The lowest BCUT2D eigenvalue weighted by molar-refractivity contribution is 0.0439. The SMILES string of the molecule is COc1ccc(S(=O)(=O)N2CCCCCC2)cc1C(=O)N(CC1CCCO1)C1CCSC1. The fraction of sp³-hybridized carbons (Fsp3) is 0.696. The second-order valence-corrected chi connectivity index (χ2v) is 11.9. The summed E-state index contributed by atoms with van der Waals surface area (Å²) in [6.45, 7) is 2.33. The standard InChI is InChI=1S/C23H34N2O5S2/c1-29-22-9-8-20(32(27,28)24-11-4-2-3-5-12-24)15-21(22)23(26)25(18-10-14-31-17-18)16-19-7-6-13-30-19/h8-9,15,18-19H,2-7,10-14,16-17H2,1H3. The number of ether oxygens (including phenoxy) is 2. The molecule has 1 amide bonds. The molecule has 0 bridgehead atoms. The van der Waals surface area contributed by atoms with Gasteiger partial charge in [-0.15, -0.1) is 0 Å². The van der Waals surface area contributed by atoms with E-state index in [1.54, 1.807) is 16.4 Å². The summed E-state index contributed by atoms with van der Waals surface area (Å²) in [5, 5.41) is 0. The van der Waals surface area contributed by atoms with Crippen LogP contribution in [0.3, 0.4) is 0 Å². The van der Waals surface area contributed by atoms with Crippen molar-refractivity contribution >= 4 is 27.7 Å². The normalized spacial score (nSPS) is 24.9. The molecule has 3 aliphatic rings. The van der Waals surface area contributed by atoms with Gasteiger partial charge in [-0.3, -0.25) is 4.79 Å². The van der Waals surface area contributed by atoms with Crippen molar-refractivity contribution in [1.29, 1.82) is 0 Å². The van der Waals surface area contributed by atoms with Crippen LogP contribution in [0.25, 0.3) is 0 Å². The Kier molecular flexibility index (Phi) is 8.02. The molecule has 32 heavy (non-hydrogen) atoms. The Morgan fingerprint density at radius 1 is 1.19 bits per heavy atom. The largest absolute Gasteiger partial charge is 0.496 e. The second kappa shape index (κ2) is 10.8. The zero-order valence-electron chi connectivity index (χ0n) is 18.8. The number of amides is 1. The quantitative estimate of drug-likeness (QED) is 0.593. The van der Waals surface area contributed by atoms with Crippen LogP contribution < -0.4 is 4.74 Å². The summed E-state index contributed by atoms with van der Waals surface area (Å²) < 4.78 is 39.6. The Hall–Kier alpha value is -1.29. The van der Waals surface area contributed by atoms with Crippen LogP contribution in [0.2, 0.25) is 0 Å². The van der Waals surface area contributed by atoms with Gasteiger partial charge in [0.2, 0.25) is 10.0 Å². The highest BCUT2D eigenvalue weighted by Gasteiger charge is 2.34. The molecule has 1 aromatic rings. The van der Waals surface area contributed by atoms with Crippen LogP contribution in [0, 0.1) is 0 Å². The Labute approximate surface area is 195 Å². The second-order valence-electron chi connectivity index (χ2n) is 8.79. The number of sulfonamides is 1. The number of rotatable bonds is 7. The number of methoxy groups -OCH3 is 1. The number of carbonyl (C=O) groups is 1. The van der Waals surface area contributed by atoms with E-state index in [4.69, 9.17) is 9.47 Å². The van der Waals surface area contributed by atoms with Crippen molar-refractivity contribution in [2.45, 2.75) is 62.0 Å². The lowest BCUT2D eigenvalue weighted by Gasteiger charge is -2.31. The molecule has 3 aliphatic heterocycles. The summed E-state index contributed by atoms with van der Waals surface area (Å²) in [4.78, 5) is 15.8. The van der Waals surface area contributed by atoms with E-state index in [-0.39, 0.29) is 22.9 Å². The van der Waals surface area contributed by atoms with Crippen LogP contribution in [0.15, 0.2) is 23.1 Å². The maximum absolute atomic E-state index is 13.8. The van der Waals surface area contributed by atoms with Crippen LogP contribution >= 0.6 is 11.8 Å². The summed E-state index contributed by atoms with van der Waals surface area (Å²) in [7, 11) is -2.14. The summed E-state index contributed by atoms with van der Waals surface area (Å²) in [6, 6.07) is 4.83. The smallest absolute Gasteiger partial charge is 0.258 e. The molecule has 3 heterocycles. The third-order valence-corrected chi connectivity index (χ3v) is 9.68. The molecule has 0 spiro atoms. The van der Waals surface area contributed by atoms with Crippen LogP contribution in [0.4, 0.5) is 0 Å². The number of nitrogens with zero attached hydrogens (tertiary/aromatic N) is 2. The van der Waals surface area contributed by atoms with Crippen molar-refractivity contribution < 1.29 is 22.7 Å². The first-order chi connectivity index (χ1) is 15.5. The monoisotopic (exact) mass is 482 g/mol. The van der Waals surface area contributed by atoms with Gasteiger partial charge >= 0.3 is 0 Å². The minimum Gasteiger partial charge on any atom is -0.496 e. The van der Waals surface area contributed by atoms with Gasteiger partial charge in [0.15, 0.2) is 0 Å². The maximum Gasteiger partial charge on any atom is 0.258 e. The van der Waals surface area contributed by atoms with Crippen molar-refractivity contribution in [1.82, 2.24) is 9.21 Å². The zero-order valence-corrected chi connectivity index (χ0v) is 20.5. The van der Waals surface area contributed by atoms with Crippen molar-refractivity contribution in [3.63, 3.8) is 0 Å². The van der Waals surface area contributed by atoms with E-state index in [1.165, 1.54) is 13.2 Å². The molecule has 9 heteroatoms. The Bertz CT molecular complexity index is 888. The van der Waals surface area contributed by atoms with E-state index in [9.17, 15) is 13.2 Å². The van der Waals surface area contributed by atoms with Crippen LogP contribution in [0.5, 0.6) is 5.75 Å². The van der Waals surface area contributed by atoms with Crippen LogP contribution in [-0.4, -0.2) is 80.5 Å². The van der Waals surface area contributed by atoms with Crippen molar-refractivity contribution in [2.75, 3.05) is 44.9 Å². The molecule has 2 unspecified atom stereocenters. The van der Waals surface area contributed by atoms with E-state index < -0.39 is 10.0 Å². The molecule has 2 atom stereocenters. The minimum absolute atomic E-state index is 0.0413. The first-order valence-corrected chi connectivity index (χ1v) is 14.3. The van der Waals surface area contributed by atoms with Crippen LogP contribution in [-0.2, 0) is 14.8 Å². The Balaban J connectivity index is 1.64. The lowest BCUT2D eigenvalue weighted by Crippen LogP contribution is -2.45. The number of thioether (sulfide) groups is 1. The molecule has 0 radical (unpaired) electrons. The van der Waals surface area contributed by atoms with E-state index >= 15 is 0 Å². The van der Waals surface area contributed by atoms with Gasteiger partial charge in [-0.2, -0.15) is 16.1 Å². The Morgan fingerprint density at radius 2 is 1.97 bits per heavy atom. The van der Waals surface area contributed by atoms with Crippen LogP contribution in [0.1, 0.15) is 55.3 Å². The number of benzene rings is 1. The summed E-state index contributed by atoms with van der Waals surface area (Å²) in [5.74, 6) is 2.16. The van der Waals surface area contributed by atoms with E-state index in [0.717, 1.165) is 63.1 Å². The summed E-state index contributed by atoms with van der Waals surface area (Å²) >= 11 is 1.85. The molecule has 4 rings (SSSR count). The van der Waals surface area contributed by atoms with Gasteiger partial charge in [0.05, 0.1) is 23.7 Å². The third-order valence-electron chi connectivity index (χ3n) is 6.64. The van der Waals surface area contributed by atoms with Gasteiger partial charge in [0.1, 0.15) is 5.75 Å². The number of hydrogen-bond donors (Lipinski definition) is 0. The van der Waals surface area contributed by atoms with Gasteiger partial charge in [-0.05, 0) is 56.1 Å². The molecule has 0 saturated carbocycles. The summed E-state index contributed by atoms with van der Waals surface area (Å²) in [6.07, 6.45) is 6.79. The Morgan fingerprint density at radius 3 is 2.59 bits per heavy atom. The molecular formula is C23H34N2O5S2. The van der Waals surface area contributed by atoms with Crippen molar-refractivity contribution in [3.8, 4) is 5.75 Å². The maximum atomic E-state index is 13.8. The van der Waals surface area contributed by atoms with Gasteiger partial charge in [0.25, 0.3) is 5.91 Å². The third kappa shape index (κ3) is 5.26. The van der Waals surface area contributed by atoms with Gasteiger partial charge < -0.3 is 14.4 Å². The molecule has 3 saturated heterocycles. The van der Waals surface area contributed by atoms with E-state index in [1.807, 2.05) is 16.7 Å². The zero-order chi connectivity index (χ0) is 22.6. The van der Waals surface area contributed by atoms with E-state index in [2.05, 4.69) is 0 Å². The lowest BCUT2D eigenvalue weighted by atomic mass is 10.1. The molecule has 178 valence electrons. The highest BCUT2D eigenvalue weighted by atomic mass is 32.2. The number of carbonyl (C=O) groups excluding carboxylic acids is 1. The molecule has 0 aromatic heterocycles. The summed E-state index contributed by atoms with van der Waals surface area (Å²) in [5.41, 5.74) is 0.318. The predicted molar refractivity (Wildman–Crippen MR) is 126 cm³/mol. The molecule has 0 aliphatic carbocycles. The predicted octanol–water partition coefficient (Wildman–Crippen LogP) is 3.39. The molecule has 0 N–H and O–H groups in total. The van der Waals surface area contributed by atoms with E-state index in [0.29, 0.717) is 30.9 Å². The molecule has 1 aromatic carbocycles. The first-order valence-electron chi connectivity index (χ1n) is 11.7. The fourth-order valence-electron chi connectivity index (χ4n) is 4.77. The van der Waals surface area contributed by atoms with Crippen molar-refractivity contribution in [3.05, 3.63) is 23.8 Å². The average molecular weight is 483 g/mol. The highest BCUT2D eigenvalue weighted by molar-refractivity contribution is 7.99. The van der Waals surface area contributed by atoms with Gasteiger partial charge in [-0.1, -0.05) is 12.8 Å². The molecule has 3 fully saturated rings. The van der Waals surface area contributed by atoms with Gasteiger partial charge in [-0.25, -0.2) is 8.42 Å². The first kappa shape index (κ1) is 23.9. The van der Waals surface area contributed by atoms with Gasteiger partial charge in [0, 0.05) is 38.0 Å². The molecular weight excluding hydrogens is 448 g/mol. The number of hydrogen-bond acceptors (Lipinski definition) is 6. The topological polar surface area (TPSA) is 76.2 Å². The van der Waals surface area contributed by atoms with Crippen molar-refractivity contribution in [2.24, 2.45) is 0 Å². The fourth-order valence-corrected chi connectivity index (χ4v) is 7.54. The highest BCUT2D eigenvalue weighted by Crippen LogP contribution is 2.31.